The van der Waals surface area contributed by atoms with Gasteiger partial charge in [-0.05, 0) is 26.0 Å². The second-order valence-electron chi connectivity index (χ2n) is 2.97. The fraction of sp³-hybridized carbons (Fsp3) is 0.444. The van der Waals surface area contributed by atoms with Crippen molar-refractivity contribution in [3.05, 3.63) is 29.6 Å². The van der Waals surface area contributed by atoms with E-state index in [-0.39, 0.29) is 6.04 Å². The topological polar surface area (TPSA) is 59.1 Å². The van der Waals surface area contributed by atoms with Crippen molar-refractivity contribution in [2.75, 3.05) is 0 Å². The number of nitrogens with two attached hydrogens (primary N) is 1. The quantitative estimate of drug-likeness (QED) is 0.682. The van der Waals surface area contributed by atoms with Crippen LogP contribution in [0.25, 0.3) is 0 Å². The summed E-state index contributed by atoms with van der Waals surface area (Å²) in [5.41, 5.74) is 7.35. The summed E-state index contributed by atoms with van der Waals surface area (Å²) in [5.74, 6) is 0. The number of hydrogen-bond donors (Lipinski definition) is 2. The Morgan fingerprint density at radius 1 is 1.50 bits per heavy atom. The molecule has 1 heterocycles. The van der Waals surface area contributed by atoms with Crippen LogP contribution in [0, 0.1) is 6.92 Å². The second kappa shape index (κ2) is 3.65. The first-order valence-corrected chi connectivity index (χ1v) is 3.98. The van der Waals surface area contributed by atoms with Gasteiger partial charge in [0, 0.05) is 5.69 Å². The van der Waals surface area contributed by atoms with E-state index in [0.29, 0.717) is 0 Å². The monoisotopic (exact) mass is 166 g/mol. The molecular formula is C9H14N2O. The highest BCUT2D eigenvalue weighted by atomic mass is 16.3. The summed E-state index contributed by atoms with van der Waals surface area (Å²) in [6.45, 7) is 3.56. The maximum atomic E-state index is 9.20. The zero-order valence-corrected chi connectivity index (χ0v) is 7.36. The minimum absolute atomic E-state index is 0.384. The molecule has 0 aliphatic rings. The van der Waals surface area contributed by atoms with Crippen molar-refractivity contribution in [3.63, 3.8) is 0 Å². The Kier molecular flexibility index (Phi) is 2.78. The van der Waals surface area contributed by atoms with E-state index in [1.54, 1.807) is 6.92 Å². The van der Waals surface area contributed by atoms with E-state index in [2.05, 4.69) is 4.98 Å². The molecular weight excluding hydrogens is 152 g/mol. The maximum absolute atomic E-state index is 9.20. The summed E-state index contributed by atoms with van der Waals surface area (Å²) in [7, 11) is 0. The number of aliphatic hydroxyl groups excluding tert-OH is 1. The van der Waals surface area contributed by atoms with Crippen molar-refractivity contribution in [1.82, 2.24) is 4.98 Å². The fourth-order valence-corrected chi connectivity index (χ4v) is 0.997. The SMILES string of the molecule is Cc1cccc(C(N)C(C)O)n1. The molecule has 0 saturated heterocycles. The van der Waals surface area contributed by atoms with Crippen molar-refractivity contribution in [2.24, 2.45) is 5.73 Å². The van der Waals surface area contributed by atoms with Crippen LogP contribution in [0.15, 0.2) is 18.2 Å². The molecule has 3 N–H and O–H groups in total. The molecule has 0 bridgehead atoms. The predicted molar refractivity (Wildman–Crippen MR) is 47.6 cm³/mol. The lowest BCUT2D eigenvalue weighted by atomic mass is 10.1. The Labute approximate surface area is 72.2 Å². The number of rotatable bonds is 2. The molecule has 0 aliphatic heterocycles. The Morgan fingerprint density at radius 2 is 2.17 bits per heavy atom. The van der Waals surface area contributed by atoms with Gasteiger partial charge >= 0.3 is 0 Å². The van der Waals surface area contributed by atoms with Gasteiger partial charge in [-0.2, -0.15) is 0 Å². The summed E-state index contributed by atoms with van der Waals surface area (Å²) in [6.07, 6.45) is -0.556. The molecule has 2 unspecified atom stereocenters. The van der Waals surface area contributed by atoms with Gasteiger partial charge in [0.05, 0.1) is 17.8 Å². The molecule has 1 rings (SSSR count). The van der Waals surface area contributed by atoms with Crippen molar-refractivity contribution >= 4 is 0 Å². The first-order chi connectivity index (χ1) is 5.61. The Morgan fingerprint density at radius 3 is 2.67 bits per heavy atom. The molecule has 0 amide bonds. The number of nitrogens with zero attached hydrogens (tertiary/aromatic N) is 1. The van der Waals surface area contributed by atoms with Gasteiger partial charge in [0.1, 0.15) is 0 Å². The van der Waals surface area contributed by atoms with E-state index < -0.39 is 6.10 Å². The largest absolute Gasteiger partial charge is 0.391 e. The molecule has 0 spiro atoms. The number of pyridine rings is 1. The smallest absolute Gasteiger partial charge is 0.0731 e. The van der Waals surface area contributed by atoms with Gasteiger partial charge in [-0.1, -0.05) is 6.07 Å². The first kappa shape index (κ1) is 9.16. The average Bonchev–Trinajstić information content (AvgIpc) is 2.03. The lowest BCUT2D eigenvalue weighted by Gasteiger charge is -2.13. The van der Waals surface area contributed by atoms with Crippen molar-refractivity contribution in [3.8, 4) is 0 Å². The molecule has 1 aromatic heterocycles. The second-order valence-corrected chi connectivity index (χ2v) is 2.97. The third kappa shape index (κ3) is 2.03. The van der Waals surface area contributed by atoms with Gasteiger partial charge in [-0.3, -0.25) is 4.98 Å². The minimum atomic E-state index is -0.556. The molecule has 0 radical (unpaired) electrons. The van der Waals surface area contributed by atoms with E-state index in [9.17, 15) is 5.11 Å². The van der Waals surface area contributed by atoms with E-state index in [0.717, 1.165) is 11.4 Å². The van der Waals surface area contributed by atoms with E-state index in [1.807, 2.05) is 25.1 Å². The number of hydrogen-bond acceptors (Lipinski definition) is 3. The molecule has 0 aromatic carbocycles. The van der Waals surface area contributed by atoms with Gasteiger partial charge in [0.15, 0.2) is 0 Å². The molecule has 3 nitrogen and oxygen atoms in total. The standard InChI is InChI=1S/C9H14N2O/c1-6-4-3-5-8(11-6)9(10)7(2)12/h3-5,7,9,12H,10H2,1-2H3. The summed E-state index contributed by atoms with van der Waals surface area (Å²) < 4.78 is 0. The summed E-state index contributed by atoms with van der Waals surface area (Å²) in [6, 6.07) is 5.23. The summed E-state index contributed by atoms with van der Waals surface area (Å²) in [5, 5.41) is 9.20. The summed E-state index contributed by atoms with van der Waals surface area (Å²) in [4.78, 5) is 4.21. The van der Waals surface area contributed by atoms with E-state index >= 15 is 0 Å². The van der Waals surface area contributed by atoms with Gasteiger partial charge < -0.3 is 10.8 Å². The Hall–Kier alpha value is -0.930. The lowest BCUT2D eigenvalue weighted by Crippen LogP contribution is -2.24. The highest BCUT2D eigenvalue weighted by Gasteiger charge is 2.12. The van der Waals surface area contributed by atoms with Gasteiger partial charge in [-0.15, -0.1) is 0 Å². The Balaban J connectivity index is 2.88. The van der Waals surface area contributed by atoms with Crippen LogP contribution in [0.5, 0.6) is 0 Å². The number of aromatic nitrogens is 1. The van der Waals surface area contributed by atoms with Crippen LogP contribution in [-0.2, 0) is 0 Å². The van der Waals surface area contributed by atoms with Crippen LogP contribution in [0.4, 0.5) is 0 Å². The van der Waals surface area contributed by atoms with E-state index in [1.165, 1.54) is 0 Å². The normalized spacial score (nSPS) is 15.7. The average molecular weight is 166 g/mol. The fourth-order valence-electron chi connectivity index (χ4n) is 0.997. The third-order valence-corrected chi connectivity index (χ3v) is 1.77. The minimum Gasteiger partial charge on any atom is -0.391 e. The number of aryl methyl sites for hydroxylation is 1. The van der Waals surface area contributed by atoms with E-state index in [4.69, 9.17) is 5.73 Å². The van der Waals surface area contributed by atoms with Crippen LogP contribution in [0.1, 0.15) is 24.4 Å². The van der Waals surface area contributed by atoms with Crippen molar-refractivity contribution in [1.29, 1.82) is 0 Å². The third-order valence-electron chi connectivity index (χ3n) is 1.77. The van der Waals surface area contributed by atoms with Crippen LogP contribution in [0.3, 0.4) is 0 Å². The molecule has 12 heavy (non-hydrogen) atoms. The molecule has 1 aromatic rings. The molecule has 2 atom stereocenters. The molecule has 0 saturated carbocycles. The lowest BCUT2D eigenvalue weighted by molar-refractivity contribution is 0.162. The van der Waals surface area contributed by atoms with Crippen LogP contribution in [0.2, 0.25) is 0 Å². The Bertz CT molecular complexity index is 260. The predicted octanol–water partition coefficient (Wildman–Crippen LogP) is 0.771. The molecule has 0 aliphatic carbocycles. The first-order valence-electron chi connectivity index (χ1n) is 3.98. The molecule has 0 fully saturated rings. The van der Waals surface area contributed by atoms with Crippen LogP contribution < -0.4 is 5.73 Å². The van der Waals surface area contributed by atoms with Gasteiger partial charge in [-0.25, -0.2) is 0 Å². The van der Waals surface area contributed by atoms with Gasteiger partial charge in [0.2, 0.25) is 0 Å². The molecule has 3 heteroatoms. The van der Waals surface area contributed by atoms with Crippen molar-refractivity contribution < 1.29 is 5.11 Å². The zero-order chi connectivity index (χ0) is 9.14. The van der Waals surface area contributed by atoms with Crippen molar-refractivity contribution in [2.45, 2.75) is 26.0 Å². The molecule has 66 valence electrons. The van der Waals surface area contributed by atoms with Crippen LogP contribution >= 0.6 is 0 Å². The highest BCUT2D eigenvalue weighted by Crippen LogP contribution is 2.11. The van der Waals surface area contributed by atoms with Crippen LogP contribution in [-0.4, -0.2) is 16.2 Å². The maximum Gasteiger partial charge on any atom is 0.0731 e. The highest BCUT2D eigenvalue weighted by molar-refractivity contribution is 5.13. The zero-order valence-electron chi connectivity index (χ0n) is 7.36. The number of aliphatic hydroxyl groups is 1. The summed E-state index contributed by atoms with van der Waals surface area (Å²) >= 11 is 0. The van der Waals surface area contributed by atoms with Gasteiger partial charge in [0.25, 0.3) is 0 Å².